The fourth-order valence-electron chi connectivity index (χ4n) is 1.58. The standard InChI is InChI=1S/C10H6Cl3NO3/c1-17-9(16)10(13)8(15)5-2-4(11)3-6(12)7(5)14-10/h2-3,14H,1H3. The minimum Gasteiger partial charge on any atom is -0.466 e. The van der Waals surface area contributed by atoms with E-state index in [9.17, 15) is 9.59 Å². The van der Waals surface area contributed by atoms with Gasteiger partial charge in [0, 0.05) is 10.6 Å². The smallest absolute Gasteiger partial charge is 0.355 e. The number of anilines is 1. The maximum atomic E-state index is 12.0. The third kappa shape index (κ3) is 1.76. The van der Waals surface area contributed by atoms with Gasteiger partial charge in [-0.15, -0.1) is 0 Å². The van der Waals surface area contributed by atoms with Crippen molar-refractivity contribution in [1.29, 1.82) is 0 Å². The summed E-state index contributed by atoms with van der Waals surface area (Å²) >= 11 is 17.6. The van der Waals surface area contributed by atoms with Gasteiger partial charge >= 0.3 is 5.97 Å². The van der Waals surface area contributed by atoms with Crippen LogP contribution in [0.25, 0.3) is 0 Å². The number of carbonyl (C=O) groups is 2. The summed E-state index contributed by atoms with van der Waals surface area (Å²) in [5.74, 6) is -1.53. The highest BCUT2D eigenvalue weighted by atomic mass is 35.5. The third-order valence-corrected chi connectivity index (χ3v) is 3.31. The molecule has 1 N–H and O–H groups in total. The first-order chi connectivity index (χ1) is 7.90. The zero-order valence-electron chi connectivity index (χ0n) is 8.51. The van der Waals surface area contributed by atoms with Gasteiger partial charge < -0.3 is 10.1 Å². The first kappa shape index (κ1) is 12.5. The number of fused-ring (bicyclic) bond motifs is 1. The number of Topliss-reactive ketones (excluding diaryl/α,β-unsaturated/α-hetero) is 1. The number of hydrogen-bond donors (Lipinski definition) is 1. The SMILES string of the molecule is COC(=O)C1(Cl)Nc2c(Cl)cc(Cl)cc2C1=O. The molecule has 0 saturated heterocycles. The largest absolute Gasteiger partial charge is 0.466 e. The molecule has 90 valence electrons. The molecular weight excluding hydrogens is 288 g/mol. The quantitative estimate of drug-likeness (QED) is 0.374. The van der Waals surface area contributed by atoms with Crippen molar-refractivity contribution >= 4 is 52.2 Å². The summed E-state index contributed by atoms with van der Waals surface area (Å²) < 4.78 is 4.48. The number of methoxy groups -OCH3 is 1. The Morgan fingerprint density at radius 1 is 1.41 bits per heavy atom. The van der Waals surface area contributed by atoms with Crippen LogP contribution in [0.3, 0.4) is 0 Å². The maximum Gasteiger partial charge on any atom is 0.355 e. The lowest BCUT2D eigenvalue weighted by atomic mass is 10.1. The molecular formula is C10H6Cl3NO3. The van der Waals surface area contributed by atoms with Gasteiger partial charge in [0.15, 0.2) is 0 Å². The van der Waals surface area contributed by atoms with Gasteiger partial charge in [0.25, 0.3) is 5.00 Å². The Hall–Kier alpha value is -0.970. The number of rotatable bonds is 1. The van der Waals surface area contributed by atoms with Crippen LogP contribution in [0.1, 0.15) is 10.4 Å². The molecule has 1 atom stereocenters. The molecule has 4 nitrogen and oxygen atoms in total. The number of alkyl halides is 1. The summed E-state index contributed by atoms with van der Waals surface area (Å²) in [6.07, 6.45) is 0. The van der Waals surface area contributed by atoms with Crippen molar-refractivity contribution in [3.8, 4) is 0 Å². The molecule has 1 unspecified atom stereocenters. The molecule has 0 aromatic heterocycles. The molecule has 1 heterocycles. The van der Waals surface area contributed by atoms with Gasteiger partial charge in [0.2, 0.25) is 5.78 Å². The summed E-state index contributed by atoms with van der Waals surface area (Å²) in [5.41, 5.74) is 0.448. The van der Waals surface area contributed by atoms with Crippen molar-refractivity contribution in [2.75, 3.05) is 12.4 Å². The first-order valence-electron chi connectivity index (χ1n) is 4.49. The summed E-state index contributed by atoms with van der Waals surface area (Å²) in [6, 6.07) is 2.84. The number of ketones is 1. The summed E-state index contributed by atoms with van der Waals surface area (Å²) in [4.78, 5) is 21.5. The van der Waals surface area contributed by atoms with E-state index in [0.717, 1.165) is 7.11 Å². The first-order valence-corrected chi connectivity index (χ1v) is 5.63. The molecule has 0 fully saturated rings. The van der Waals surface area contributed by atoms with Crippen molar-refractivity contribution in [1.82, 2.24) is 0 Å². The van der Waals surface area contributed by atoms with Crippen LogP contribution in [-0.4, -0.2) is 23.9 Å². The van der Waals surface area contributed by atoms with Gasteiger partial charge in [-0.2, -0.15) is 0 Å². The van der Waals surface area contributed by atoms with E-state index in [1.807, 2.05) is 0 Å². The van der Waals surface area contributed by atoms with Crippen LogP contribution in [0.4, 0.5) is 5.69 Å². The van der Waals surface area contributed by atoms with E-state index in [-0.39, 0.29) is 21.3 Å². The zero-order valence-corrected chi connectivity index (χ0v) is 10.8. The fraction of sp³-hybridized carbons (Fsp3) is 0.200. The van der Waals surface area contributed by atoms with E-state index in [1.54, 1.807) is 0 Å². The van der Waals surface area contributed by atoms with Crippen molar-refractivity contribution in [2.45, 2.75) is 5.00 Å². The molecule has 0 amide bonds. The van der Waals surface area contributed by atoms with Gasteiger partial charge in [-0.1, -0.05) is 34.8 Å². The van der Waals surface area contributed by atoms with E-state index < -0.39 is 16.8 Å². The molecule has 17 heavy (non-hydrogen) atoms. The highest BCUT2D eigenvalue weighted by Crippen LogP contribution is 2.41. The molecule has 1 aromatic carbocycles. The predicted molar refractivity (Wildman–Crippen MR) is 65.0 cm³/mol. The minimum atomic E-state index is -1.97. The lowest BCUT2D eigenvalue weighted by Gasteiger charge is -2.17. The molecule has 1 aliphatic heterocycles. The van der Waals surface area contributed by atoms with E-state index in [1.165, 1.54) is 12.1 Å². The van der Waals surface area contributed by atoms with Crippen molar-refractivity contribution in [3.63, 3.8) is 0 Å². The average molecular weight is 295 g/mol. The molecule has 0 aliphatic carbocycles. The zero-order chi connectivity index (χ0) is 12.8. The number of nitrogens with one attached hydrogen (secondary N) is 1. The van der Waals surface area contributed by atoms with Crippen LogP contribution in [0.2, 0.25) is 10.0 Å². The number of halogens is 3. The Balaban J connectivity index is 2.56. The van der Waals surface area contributed by atoms with Gasteiger partial charge in [-0.3, -0.25) is 4.79 Å². The molecule has 0 bridgehead atoms. The van der Waals surface area contributed by atoms with Crippen molar-refractivity contribution in [2.24, 2.45) is 0 Å². The second-order valence-corrected chi connectivity index (χ2v) is 4.82. The lowest BCUT2D eigenvalue weighted by Crippen LogP contribution is -2.44. The van der Waals surface area contributed by atoms with Crippen LogP contribution in [-0.2, 0) is 9.53 Å². The molecule has 0 radical (unpaired) electrons. The van der Waals surface area contributed by atoms with Crippen molar-refractivity contribution < 1.29 is 14.3 Å². The van der Waals surface area contributed by atoms with Gasteiger partial charge in [-0.25, -0.2) is 4.79 Å². The number of ether oxygens (including phenoxy) is 1. The monoisotopic (exact) mass is 293 g/mol. The Morgan fingerprint density at radius 3 is 2.65 bits per heavy atom. The summed E-state index contributed by atoms with van der Waals surface area (Å²) in [5, 5.41) is 3.06. The Labute approximate surface area is 112 Å². The Bertz CT molecular complexity index is 532. The Morgan fingerprint density at radius 2 is 2.06 bits per heavy atom. The van der Waals surface area contributed by atoms with E-state index in [2.05, 4.69) is 10.1 Å². The van der Waals surface area contributed by atoms with Gasteiger partial charge in [0.05, 0.1) is 17.8 Å². The average Bonchev–Trinajstić information content (AvgIpc) is 2.54. The van der Waals surface area contributed by atoms with Crippen LogP contribution in [0.15, 0.2) is 12.1 Å². The molecule has 1 aliphatic rings. The number of carbonyl (C=O) groups excluding carboxylic acids is 2. The third-order valence-electron chi connectivity index (χ3n) is 2.38. The van der Waals surface area contributed by atoms with Gasteiger partial charge in [0.1, 0.15) is 0 Å². The highest BCUT2D eigenvalue weighted by Gasteiger charge is 2.52. The van der Waals surface area contributed by atoms with Crippen LogP contribution < -0.4 is 5.32 Å². The lowest BCUT2D eigenvalue weighted by molar-refractivity contribution is -0.141. The van der Waals surface area contributed by atoms with E-state index in [0.29, 0.717) is 0 Å². The number of benzene rings is 1. The predicted octanol–water partition coefficient (Wildman–Crippen LogP) is 2.71. The minimum absolute atomic E-state index is 0.169. The normalized spacial score (nSPS) is 22.0. The number of esters is 1. The fourth-order valence-corrected chi connectivity index (χ4v) is 2.39. The van der Waals surface area contributed by atoms with Crippen LogP contribution >= 0.6 is 34.8 Å². The molecule has 7 heteroatoms. The maximum absolute atomic E-state index is 12.0. The topological polar surface area (TPSA) is 55.4 Å². The van der Waals surface area contributed by atoms with Crippen molar-refractivity contribution in [3.05, 3.63) is 27.7 Å². The second-order valence-electron chi connectivity index (χ2n) is 3.41. The van der Waals surface area contributed by atoms with E-state index in [4.69, 9.17) is 34.8 Å². The molecule has 0 spiro atoms. The van der Waals surface area contributed by atoms with E-state index >= 15 is 0 Å². The Kier molecular flexibility index (Phi) is 2.97. The second kappa shape index (κ2) is 4.05. The number of hydrogen-bond acceptors (Lipinski definition) is 4. The highest BCUT2D eigenvalue weighted by molar-refractivity contribution is 6.53. The molecule has 0 saturated carbocycles. The molecule has 2 rings (SSSR count). The summed E-state index contributed by atoms with van der Waals surface area (Å²) in [7, 11) is 1.14. The van der Waals surface area contributed by atoms with Gasteiger partial charge in [-0.05, 0) is 12.1 Å². The molecule has 1 aromatic rings. The van der Waals surface area contributed by atoms with Crippen LogP contribution in [0.5, 0.6) is 0 Å². The summed E-state index contributed by atoms with van der Waals surface area (Å²) in [6.45, 7) is 0. The van der Waals surface area contributed by atoms with Crippen LogP contribution in [0, 0.1) is 0 Å².